The molecule has 0 aliphatic carbocycles. The van der Waals surface area contributed by atoms with E-state index in [1.165, 1.54) is 0 Å². The topological polar surface area (TPSA) is 104 Å². The fourth-order valence-corrected chi connectivity index (χ4v) is 6.47. The Morgan fingerprint density at radius 3 is 1.62 bits per heavy atom. The number of para-hydroxylation sites is 3. The second kappa shape index (κ2) is 14.1. The number of nitrogens with zero attached hydrogens (tertiary/aromatic N) is 10. The molecule has 4 aromatic carbocycles. The number of hydrogen-bond donors (Lipinski definition) is 0. The van der Waals surface area contributed by atoms with Crippen molar-refractivity contribution >= 4 is 35.4 Å². The zero-order chi connectivity index (χ0) is 36.3. The van der Waals surface area contributed by atoms with Gasteiger partial charge >= 0.3 is 0 Å². The fourth-order valence-electron chi connectivity index (χ4n) is 6.47. The van der Waals surface area contributed by atoms with Gasteiger partial charge in [-0.15, -0.1) is 0 Å². The summed E-state index contributed by atoms with van der Waals surface area (Å²) in [5.41, 5.74) is 8.06. The Morgan fingerprint density at radius 2 is 1.04 bits per heavy atom. The maximum Gasteiger partial charge on any atom is 0.198 e. The number of fused-ring (bicyclic) bond motifs is 1. The first-order chi connectivity index (χ1) is 26.1. The Balaban J connectivity index is 1.47. The third-order valence-electron chi connectivity index (χ3n) is 8.75. The maximum absolute atomic E-state index is 5.15. The second-order valence-electron chi connectivity index (χ2n) is 12.2. The van der Waals surface area contributed by atoms with E-state index in [1.807, 2.05) is 97.3 Å². The lowest BCUT2D eigenvalue weighted by atomic mass is 10.0. The molecule has 0 fully saturated rings. The van der Waals surface area contributed by atoms with E-state index >= 15 is 0 Å². The number of aromatic nitrogens is 8. The van der Waals surface area contributed by atoms with Gasteiger partial charge in [-0.05, 0) is 68.4 Å². The van der Waals surface area contributed by atoms with Crippen LogP contribution < -0.4 is 0 Å². The highest BCUT2D eigenvalue weighted by atomic mass is 15.2. The molecule has 0 saturated heterocycles. The van der Waals surface area contributed by atoms with Crippen molar-refractivity contribution < 1.29 is 0 Å². The molecule has 0 N–H and O–H groups in total. The molecule has 8 aromatic rings. The second-order valence-corrected chi connectivity index (χ2v) is 12.2. The summed E-state index contributed by atoms with van der Waals surface area (Å²) in [5, 5.41) is 0. The number of imidazole rings is 3. The van der Waals surface area contributed by atoms with Crippen LogP contribution in [0.4, 0.5) is 11.6 Å². The predicted octanol–water partition coefficient (Wildman–Crippen LogP) is 9.58. The Labute approximate surface area is 306 Å². The quantitative estimate of drug-likeness (QED) is 0.133. The molecule has 0 aliphatic rings. The number of allylic oxidation sites excluding steroid dienone is 2. The van der Waals surface area contributed by atoms with Gasteiger partial charge in [0.05, 0.1) is 11.4 Å². The number of rotatable bonds is 10. The molecule has 10 nitrogen and oxygen atoms in total. The summed E-state index contributed by atoms with van der Waals surface area (Å²) in [5.74, 6) is 3.35. The van der Waals surface area contributed by atoms with Gasteiger partial charge in [-0.1, -0.05) is 79.9 Å². The van der Waals surface area contributed by atoms with Crippen LogP contribution in [-0.4, -0.2) is 51.1 Å². The standard InChI is InChI=1S/C43H34N10/c1-5-22-44-37-30(4)51(34-16-10-7-11-17-34)41(49-37)32-26-31(40-48-29(3)39(46-23-6-2)52(40)35-18-12-8-13-19-35)27-33(28-32)42-50-38-43(47-25-24-45-38)53(42)36-20-14-9-15-21-36/h5-28H,1-2H2,3-4H3/b44-22-,46-23-. The van der Waals surface area contributed by atoms with E-state index in [9.17, 15) is 0 Å². The van der Waals surface area contributed by atoms with Crippen LogP contribution in [0, 0.1) is 13.8 Å². The van der Waals surface area contributed by atoms with Crippen molar-refractivity contribution in [3.8, 4) is 51.2 Å². The van der Waals surface area contributed by atoms with Crippen LogP contribution in [-0.2, 0) is 0 Å². The number of benzene rings is 4. The van der Waals surface area contributed by atoms with E-state index in [2.05, 4.69) is 62.6 Å². The molecule has 256 valence electrons. The third kappa shape index (κ3) is 6.08. The van der Waals surface area contributed by atoms with Crippen molar-refractivity contribution in [1.82, 2.24) is 38.6 Å². The summed E-state index contributed by atoms with van der Waals surface area (Å²) < 4.78 is 6.22. The van der Waals surface area contributed by atoms with Crippen molar-refractivity contribution in [2.75, 3.05) is 0 Å². The van der Waals surface area contributed by atoms with E-state index in [0.717, 1.165) is 45.1 Å². The van der Waals surface area contributed by atoms with E-state index in [4.69, 9.17) is 24.9 Å². The summed E-state index contributed by atoms with van der Waals surface area (Å²) in [4.78, 5) is 34.1. The summed E-state index contributed by atoms with van der Waals surface area (Å²) in [6.07, 6.45) is 9.99. The first-order valence-corrected chi connectivity index (χ1v) is 17.1. The zero-order valence-corrected chi connectivity index (χ0v) is 29.2. The SMILES string of the molecule is C=C/C=N\c1nc(-c2cc(-c3nc(C)c(/N=C\C=C)n3-c3ccccc3)cc(-c3nc4nccnc4n3-c3ccccc3)c2)n(-c2ccccc2)c1C. The van der Waals surface area contributed by atoms with Crippen molar-refractivity contribution in [1.29, 1.82) is 0 Å². The number of aryl methyl sites for hydroxylation is 1. The van der Waals surface area contributed by atoms with Crippen molar-refractivity contribution in [2.24, 2.45) is 9.98 Å². The molecule has 10 heteroatoms. The monoisotopic (exact) mass is 690 g/mol. The third-order valence-corrected chi connectivity index (χ3v) is 8.75. The summed E-state index contributed by atoms with van der Waals surface area (Å²) in [6.45, 7) is 11.7. The Kier molecular flexibility index (Phi) is 8.75. The minimum atomic E-state index is 0.531. The minimum Gasteiger partial charge on any atom is -0.295 e. The van der Waals surface area contributed by atoms with Crippen LogP contribution in [0.2, 0.25) is 0 Å². The van der Waals surface area contributed by atoms with Crippen molar-refractivity contribution in [2.45, 2.75) is 13.8 Å². The molecule has 4 heterocycles. The van der Waals surface area contributed by atoms with Gasteiger partial charge in [0.25, 0.3) is 0 Å². The molecule has 0 spiro atoms. The molecule has 0 saturated carbocycles. The van der Waals surface area contributed by atoms with Gasteiger partial charge in [0.2, 0.25) is 0 Å². The fraction of sp³-hybridized carbons (Fsp3) is 0.0465. The molecule has 0 aliphatic heterocycles. The molecule has 0 unspecified atom stereocenters. The van der Waals surface area contributed by atoms with Gasteiger partial charge in [-0.25, -0.2) is 34.9 Å². The molecule has 8 rings (SSSR count). The average Bonchev–Trinajstić information content (AvgIpc) is 3.87. The van der Waals surface area contributed by atoms with Crippen LogP contribution in [0.3, 0.4) is 0 Å². The van der Waals surface area contributed by atoms with Crippen LogP contribution in [0.15, 0.2) is 157 Å². The highest BCUT2D eigenvalue weighted by molar-refractivity contribution is 5.84. The lowest BCUT2D eigenvalue weighted by Crippen LogP contribution is -2.03. The molecule has 0 atom stereocenters. The van der Waals surface area contributed by atoms with Crippen LogP contribution in [0.1, 0.15) is 11.4 Å². The molecule has 0 amide bonds. The number of hydrogen-bond acceptors (Lipinski definition) is 7. The highest BCUT2D eigenvalue weighted by Crippen LogP contribution is 2.39. The normalized spacial score (nSPS) is 11.6. The molecule has 53 heavy (non-hydrogen) atoms. The molecular formula is C43H34N10. The predicted molar refractivity (Wildman–Crippen MR) is 213 cm³/mol. The maximum atomic E-state index is 5.15. The Hall–Kier alpha value is -7.33. The first-order valence-electron chi connectivity index (χ1n) is 17.1. The van der Waals surface area contributed by atoms with Gasteiger partial charge in [0, 0.05) is 58.6 Å². The highest BCUT2D eigenvalue weighted by Gasteiger charge is 2.24. The van der Waals surface area contributed by atoms with Crippen LogP contribution in [0.25, 0.3) is 62.5 Å². The average molecular weight is 691 g/mol. The Bertz CT molecular complexity index is 2640. The van der Waals surface area contributed by atoms with Crippen molar-refractivity contribution in [3.63, 3.8) is 0 Å². The van der Waals surface area contributed by atoms with Gasteiger partial charge in [-0.2, -0.15) is 0 Å². The molecular weight excluding hydrogens is 657 g/mol. The first kappa shape index (κ1) is 32.9. The van der Waals surface area contributed by atoms with E-state index in [0.29, 0.717) is 40.4 Å². The van der Waals surface area contributed by atoms with Gasteiger partial charge < -0.3 is 0 Å². The Morgan fingerprint density at radius 1 is 0.547 bits per heavy atom. The van der Waals surface area contributed by atoms with Crippen LogP contribution >= 0.6 is 0 Å². The summed E-state index contributed by atoms with van der Waals surface area (Å²) in [6, 6.07) is 36.6. The van der Waals surface area contributed by atoms with Gasteiger partial charge in [0.15, 0.2) is 22.9 Å². The summed E-state index contributed by atoms with van der Waals surface area (Å²) >= 11 is 0. The van der Waals surface area contributed by atoms with E-state index < -0.39 is 0 Å². The number of aliphatic imine (C=N–C) groups is 2. The van der Waals surface area contributed by atoms with Crippen molar-refractivity contribution in [3.05, 3.63) is 158 Å². The smallest absolute Gasteiger partial charge is 0.198 e. The zero-order valence-electron chi connectivity index (χ0n) is 29.2. The molecule has 4 aromatic heterocycles. The lowest BCUT2D eigenvalue weighted by molar-refractivity contribution is 1.01. The van der Waals surface area contributed by atoms with E-state index in [-0.39, 0.29) is 0 Å². The van der Waals surface area contributed by atoms with Gasteiger partial charge in [0.1, 0.15) is 17.5 Å². The van der Waals surface area contributed by atoms with Gasteiger partial charge in [-0.3, -0.25) is 13.7 Å². The lowest BCUT2D eigenvalue weighted by Gasteiger charge is -2.15. The largest absolute Gasteiger partial charge is 0.295 e. The molecule has 0 radical (unpaired) electrons. The van der Waals surface area contributed by atoms with E-state index in [1.54, 1.807) is 37.0 Å². The minimum absolute atomic E-state index is 0.531. The molecule has 0 bridgehead atoms. The van der Waals surface area contributed by atoms with Crippen LogP contribution in [0.5, 0.6) is 0 Å². The summed E-state index contributed by atoms with van der Waals surface area (Å²) in [7, 11) is 0.